The molecule has 5 N–H and O–H groups in total. The highest BCUT2D eigenvalue weighted by Crippen LogP contribution is 2.52. The van der Waals surface area contributed by atoms with Crippen LogP contribution in [-0.2, 0) is 42.4 Å². The highest BCUT2D eigenvalue weighted by Gasteiger charge is 2.69. The molecule has 0 spiro atoms. The molecule has 6 atom stereocenters. The molecule has 0 saturated heterocycles. The summed E-state index contributed by atoms with van der Waals surface area (Å²) in [6, 6.07) is 8.45. The van der Waals surface area contributed by atoms with Gasteiger partial charge >= 0.3 is 0 Å². The topological polar surface area (TPSA) is 184 Å². The van der Waals surface area contributed by atoms with Crippen LogP contribution in [0.25, 0.3) is 11.1 Å². The Labute approximate surface area is 272 Å². The lowest BCUT2D eigenvalue weighted by molar-refractivity contribution is -0.181. The van der Waals surface area contributed by atoms with Crippen LogP contribution in [0.5, 0.6) is 5.75 Å². The Morgan fingerprint density at radius 2 is 1.68 bits per heavy atom. The molecule has 0 radical (unpaired) electrons. The predicted molar refractivity (Wildman–Crippen MR) is 170 cm³/mol. The number of nitrogens with zero attached hydrogens (tertiary/aromatic N) is 1. The molecule has 2 amide bonds. The first-order valence-electron chi connectivity index (χ1n) is 16.1. The number of phenols is 1. The second kappa shape index (κ2) is 11.2. The van der Waals surface area contributed by atoms with E-state index in [1.54, 1.807) is 20.2 Å². The van der Waals surface area contributed by atoms with Gasteiger partial charge in [0.15, 0.2) is 34.7 Å². The highest BCUT2D eigenvalue weighted by atomic mass is 16.3. The molecule has 2 aromatic carbocycles. The van der Waals surface area contributed by atoms with E-state index in [9.17, 15) is 39.0 Å². The third-order valence-corrected chi connectivity index (χ3v) is 10.6. The lowest BCUT2D eigenvalue weighted by atomic mass is 9.52. The van der Waals surface area contributed by atoms with E-state index in [1.165, 1.54) is 4.90 Å². The number of phenolic OH excluding ortho intramolecular Hbond substituents is 1. The minimum Gasteiger partial charge on any atom is -0.507 e. The van der Waals surface area contributed by atoms with Gasteiger partial charge in [0.2, 0.25) is 11.8 Å². The molecular formula is C36H41N3O8. The number of nitrogens with two attached hydrogens (primary N) is 1. The maximum absolute atomic E-state index is 14.4. The van der Waals surface area contributed by atoms with Gasteiger partial charge in [0, 0.05) is 23.9 Å². The number of ketones is 4. The number of fused-ring (bicyclic) bond motifs is 3. The standard InChI is InChI=1S/C36H41N3O8/c1-35(2,3)20-10-8-16(9-11-20)21-13-19(15-38-34(46)17-6-7-17)28(40)25-22(21)12-18-14-23-27(39(4)5)30(42)26(33(37)45)32(44)36(23,47)31(43)24(18)29(25)41/h8-11,13,17-18,23-24,26-27,40,47H,6-7,12,14-15H2,1-5H3,(H2,37,45)(H,38,46)/t18-,23-,24?,26?,27-,36-/m0/s1. The molecule has 47 heavy (non-hydrogen) atoms. The van der Waals surface area contributed by atoms with Crippen LogP contribution in [0.2, 0.25) is 0 Å². The van der Waals surface area contributed by atoms with E-state index >= 15 is 0 Å². The molecule has 11 nitrogen and oxygen atoms in total. The van der Waals surface area contributed by atoms with Crippen molar-refractivity contribution in [1.82, 2.24) is 10.2 Å². The van der Waals surface area contributed by atoms with E-state index < -0.39 is 64.4 Å². The van der Waals surface area contributed by atoms with Crippen molar-refractivity contribution in [3.05, 3.63) is 52.6 Å². The predicted octanol–water partition coefficient (Wildman–Crippen LogP) is 1.86. The molecule has 11 heteroatoms. The maximum atomic E-state index is 14.4. The third-order valence-electron chi connectivity index (χ3n) is 10.6. The van der Waals surface area contributed by atoms with Crippen molar-refractivity contribution in [2.24, 2.45) is 35.3 Å². The lowest BCUT2D eigenvalue weighted by Crippen LogP contribution is -2.74. The van der Waals surface area contributed by atoms with Gasteiger partial charge in [0.05, 0.1) is 17.5 Å². The number of hydrogen-bond donors (Lipinski definition) is 4. The Hall–Kier alpha value is -4.22. The molecule has 3 fully saturated rings. The van der Waals surface area contributed by atoms with E-state index in [2.05, 4.69) is 26.1 Å². The number of carbonyl (C=O) groups excluding carboxylic acids is 6. The van der Waals surface area contributed by atoms with E-state index in [-0.39, 0.29) is 47.9 Å². The molecule has 2 aromatic rings. The first-order chi connectivity index (χ1) is 22.0. The lowest BCUT2D eigenvalue weighted by Gasteiger charge is -2.52. The number of primary amides is 1. The van der Waals surface area contributed by atoms with Gasteiger partial charge in [-0.2, -0.15) is 0 Å². The van der Waals surface area contributed by atoms with E-state index in [0.717, 1.165) is 24.0 Å². The van der Waals surface area contributed by atoms with Crippen LogP contribution in [0.3, 0.4) is 0 Å². The van der Waals surface area contributed by atoms with E-state index in [0.29, 0.717) is 16.7 Å². The molecule has 0 aromatic heterocycles. The summed E-state index contributed by atoms with van der Waals surface area (Å²) < 4.78 is 0. The molecule has 248 valence electrons. The monoisotopic (exact) mass is 643 g/mol. The molecular weight excluding hydrogens is 602 g/mol. The average molecular weight is 644 g/mol. The first kappa shape index (κ1) is 32.7. The Kier molecular flexibility index (Phi) is 7.79. The summed E-state index contributed by atoms with van der Waals surface area (Å²) >= 11 is 0. The van der Waals surface area contributed by atoms with Gasteiger partial charge in [-0.05, 0) is 79.4 Å². The van der Waals surface area contributed by atoms with E-state index in [4.69, 9.17) is 5.73 Å². The molecule has 4 aliphatic rings. The van der Waals surface area contributed by atoms with Crippen LogP contribution in [0.1, 0.15) is 67.1 Å². The van der Waals surface area contributed by atoms with Gasteiger partial charge in [-0.15, -0.1) is 0 Å². The Morgan fingerprint density at radius 3 is 2.23 bits per heavy atom. The second-order valence-electron chi connectivity index (χ2n) is 14.9. The maximum Gasteiger partial charge on any atom is 0.235 e. The van der Waals surface area contributed by atoms with E-state index in [1.807, 2.05) is 24.3 Å². The van der Waals surface area contributed by atoms with Crippen LogP contribution in [0.15, 0.2) is 30.3 Å². The smallest absolute Gasteiger partial charge is 0.235 e. The van der Waals surface area contributed by atoms with Crippen LogP contribution in [0, 0.1) is 29.6 Å². The van der Waals surface area contributed by atoms with Crippen molar-refractivity contribution >= 4 is 34.9 Å². The summed E-state index contributed by atoms with van der Waals surface area (Å²) in [6.07, 6.45) is 1.68. The number of Topliss-reactive ketones (excluding diaryl/α,β-unsaturated/α-hetero) is 4. The summed E-state index contributed by atoms with van der Waals surface area (Å²) in [5.74, 6) is -11.3. The second-order valence-corrected chi connectivity index (χ2v) is 14.9. The SMILES string of the molecule is CN(C)[C@@H]1C(=O)C(C(N)=O)C(=O)[C@@]2(O)C(=O)C3C(=O)c4c(O)c(CNC(=O)C5CC5)cc(-c5ccc(C(C)(C)C)cc5)c4C[C@H]3C[C@@H]12. The third kappa shape index (κ3) is 5.11. The average Bonchev–Trinajstić information content (AvgIpc) is 3.84. The van der Waals surface area contributed by atoms with Gasteiger partial charge in [0.1, 0.15) is 5.75 Å². The summed E-state index contributed by atoms with van der Waals surface area (Å²) in [5.41, 5.74) is 5.74. The molecule has 2 unspecified atom stereocenters. The molecule has 4 aliphatic carbocycles. The fraction of sp³-hybridized carbons (Fsp3) is 0.500. The summed E-state index contributed by atoms with van der Waals surface area (Å²) in [7, 11) is 3.10. The van der Waals surface area contributed by atoms with Crippen molar-refractivity contribution in [2.75, 3.05) is 14.1 Å². The Bertz CT molecular complexity index is 1740. The number of nitrogens with one attached hydrogen (secondary N) is 1. The zero-order chi connectivity index (χ0) is 34.3. The number of hydrogen-bond acceptors (Lipinski definition) is 9. The summed E-state index contributed by atoms with van der Waals surface area (Å²) in [5, 5.41) is 26.3. The van der Waals surface area contributed by atoms with Crippen LogP contribution >= 0.6 is 0 Å². The zero-order valence-electron chi connectivity index (χ0n) is 27.3. The van der Waals surface area contributed by atoms with Crippen molar-refractivity contribution in [3.8, 4) is 16.9 Å². The van der Waals surface area contributed by atoms with Crippen molar-refractivity contribution < 1.29 is 39.0 Å². The largest absolute Gasteiger partial charge is 0.507 e. The number of likely N-dealkylation sites (N-methyl/N-ethyl adjacent to an activating group) is 1. The fourth-order valence-corrected chi connectivity index (χ4v) is 7.94. The first-order valence-corrected chi connectivity index (χ1v) is 16.1. The number of rotatable bonds is 6. The molecule has 6 rings (SSSR count). The number of benzene rings is 2. The molecule has 0 heterocycles. The quantitative estimate of drug-likeness (QED) is 0.341. The van der Waals surface area contributed by atoms with Crippen LogP contribution < -0.4 is 11.1 Å². The zero-order valence-corrected chi connectivity index (χ0v) is 27.3. The van der Waals surface area contributed by atoms with Crippen LogP contribution in [-0.4, -0.2) is 75.8 Å². The van der Waals surface area contributed by atoms with Gasteiger partial charge in [-0.1, -0.05) is 45.0 Å². The Balaban J connectivity index is 1.48. The van der Waals surface area contributed by atoms with Gasteiger partial charge in [-0.25, -0.2) is 0 Å². The molecule has 0 aliphatic heterocycles. The van der Waals surface area contributed by atoms with Crippen molar-refractivity contribution in [3.63, 3.8) is 0 Å². The molecule has 3 saturated carbocycles. The fourth-order valence-electron chi connectivity index (χ4n) is 7.94. The van der Waals surface area contributed by atoms with Gasteiger partial charge in [-0.3, -0.25) is 33.7 Å². The summed E-state index contributed by atoms with van der Waals surface area (Å²) in [4.78, 5) is 81.9. The summed E-state index contributed by atoms with van der Waals surface area (Å²) in [6.45, 7) is 6.24. The minimum absolute atomic E-state index is 0.0355. The molecule has 0 bridgehead atoms. The number of carbonyl (C=O) groups is 6. The van der Waals surface area contributed by atoms with Crippen LogP contribution in [0.4, 0.5) is 0 Å². The Morgan fingerprint density at radius 1 is 1.04 bits per heavy atom. The van der Waals surface area contributed by atoms with Gasteiger partial charge in [0.25, 0.3) is 0 Å². The number of amides is 2. The van der Waals surface area contributed by atoms with Gasteiger partial charge < -0.3 is 21.3 Å². The number of aliphatic hydroxyl groups is 1. The number of aromatic hydroxyl groups is 1. The highest BCUT2D eigenvalue weighted by molar-refractivity contribution is 6.32. The van der Waals surface area contributed by atoms with Crippen molar-refractivity contribution in [1.29, 1.82) is 0 Å². The minimum atomic E-state index is -2.80. The normalized spacial score (nSPS) is 28.9. The van der Waals surface area contributed by atoms with Crippen molar-refractivity contribution in [2.45, 2.75) is 70.1 Å².